The number of nitrogens with one attached hydrogen (secondary N) is 1. The quantitative estimate of drug-likeness (QED) is 0.350. The second-order valence-electron chi connectivity index (χ2n) is 10.0. The molecule has 2 aliphatic heterocycles. The maximum Gasteiger partial charge on any atom is 0.319 e. The van der Waals surface area contributed by atoms with E-state index >= 15 is 0 Å². The molecule has 2 aromatic heterocycles. The number of hydrogen-bond acceptors (Lipinski definition) is 8. The second kappa shape index (κ2) is 9.48. The van der Waals surface area contributed by atoms with E-state index < -0.39 is 17.4 Å². The Morgan fingerprint density at radius 3 is 2.46 bits per heavy atom. The van der Waals surface area contributed by atoms with E-state index in [0.717, 1.165) is 5.56 Å². The predicted molar refractivity (Wildman–Crippen MR) is 152 cm³/mol. The molecule has 1 N–H and O–H groups in total. The van der Waals surface area contributed by atoms with Crippen molar-refractivity contribution in [2.24, 2.45) is 0 Å². The van der Waals surface area contributed by atoms with Crippen molar-refractivity contribution in [2.45, 2.75) is 32.4 Å². The normalized spacial score (nSPS) is 17.2. The number of aryl methyl sites for hydroxylation is 1. The van der Waals surface area contributed by atoms with Gasteiger partial charge in [-0.25, -0.2) is 9.97 Å². The van der Waals surface area contributed by atoms with Gasteiger partial charge < -0.3 is 24.1 Å². The highest BCUT2D eigenvalue weighted by atomic mass is 35.5. The summed E-state index contributed by atoms with van der Waals surface area (Å²) in [6, 6.07) is 10.5. The maximum absolute atomic E-state index is 14.5. The molecule has 2 aliphatic rings. The summed E-state index contributed by atoms with van der Waals surface area (Å²) in [6.07, 6.45) is 1.53. The van der Waals surface area contributed by atoms with E-state index in [4.69, 9.17) is 30.8 Å². The van der Waals surface area contributed by atoms with Crippen molar-refractivity contribution in [1.29, 1.82) is 0 Å². The number of halogens is 1. The molecule has 4 aromatic rings. The number of methoxy groups -OCH3 is 3. The van der Waals surface area contributed by atoms with Crippen molar-refractivity contribution < 1.29 is 23.8 Å². The SMILES string of the molecule is COc1ncc(-c2nc3c(n2C(C)C)C2(C(=O)Nc4cc(Cl)ccc42)N(c2cc(C)ccc2OC)C3=O)c(OC)n1. The standard InChI is InChI=1S/C29H27ClN6O5/c1-14(2)35-23-22(33-24(35)17-13-31-28(41-6)34-25(17)40-5)26(37)36(20-11-15(3)7-10-21(20)39-4)29(23)18-9-8-16(30)12-19(18)32-27(29)38/h7-14H,1-6H3,(H,32,38). The molecule has 1 unspecified atom stereocenters. The molecule has 0 bridgehead atoms. The molecule has 0 saturated heterocycles. The van der Waals surface area contributed by atoms with Gasteiger partial charge in [-0.1, -0.05) is 23.7 Å². The first kappa shape index (κ1) is 26.6. The van der Waals surface area contributed by atoms with Crippen LogP contribution in [0.5, 0.6) is 17.6 Å². The fourth-order valence-corrected chi connectivity index (χ4v) is 5.91. The third-order valence-electron chi connectivity index (χ3n) is 7.38. The fourth-order valence-electron chi connectivity index (χ4n) is 5.74. The van der Waals surface area contributed by atoms with Crippen LogP contribution in [-0.4, -0.2) is 52.7 Å². The molecule has 0 saturated carbocycles. The molecular formula is C29H27ClN6O5. The molecule has 0 aliphatic carbocycles. The number of carbonyl (C=O) groups excluding carboxylic acids is 2. The molecule has 11 nitrogen and oxygen atoms in total. The Bertz CT molecular complexity index is 1750. The van der Waals surface area contributed by atoms with Gasteiger partial charge in [0.1, 0.15) is 11.6 Å². The Balaban J connectivity index is 1.73. The van der Waals surface area contributed by atoms with Gasteiger partial charge >= 0.3 is 6.01 Å². The average Bonchev–Trinajstić information content (AvgIpc) is 3.56. The molecule has 0 fully saturated rings. The second-order valence-corrected chi connectivity index (χ2v) is 10.5. The van der Waals surface area contributed by atoms with Crippen molar-refractivity contribution in [3.8, 4) is 29.0 Å². The molecule has 1 atom stereocenters. The Kier molecular flexibility index (Phi) is 6.14. The van der Waals surface area contributed by atoms with Gasteiger partial charge in [0.15, 0.2) is 11.2 Å². The number of aromatic nitrogens is 4. The van der Waals surface area contributed by atoms with Crippen molar-refractivity contribution in [1.82, 2.24) is 19.5 Å². The van der Waals surface area contributed by atoms with Gasteiger partial charge in [0.25, 0.3) is 11.8 Å². The third kappa shape index (κ3) is 3.61. The fraction of sp³-hybridized carbons (Fsp3) is 0.276. The predicted octanol–water partition coefficient (Wildman–Crippen LogP) is 4.76. The van der Waals surface area contributed by atoms with E-state index in [9.17, 15) is 9.59 Å². The highest BCUT2D eigenvalue weighted by Crippen LogP contribution is 2.55. The summed E-state index contributed by atoms with van der Waals surface area (Å²) in [5.41, 5.74) is 1.74. The third-order valence-corrected chi connectivity index (χ3v) is 7.62. The zero-order valence-electron chi connectivity index (χ0n) is 23.3. The lowest BCUT2D eigenvalue weighted by atomic mass is 9.86. The van der Waals surface area contributed by atoms with Crippen LogP contribution in [0, 0.1) is 6.92 Å². The number of carbonyl (C=O) groups is 2. The van der Waals surface area contributed by atoms with Crippen LogP contribution in [0.2, 0.25) is 5.02 Å². The topological polar surface area (TPSA) is 121 Å². The van der Waals surface area contributed by atoms with Gasteiger partial charge in [-0.15, -0.1) is 0 Å². The first-order valence-corrected chi connectivity index (χ1v) is 13.2. The zero-order chi connectivity index (χ0) is 29.2. The minimum Gasteiger partial charge on any atom is -0.495 e. The lowest BCUT2D eigenvalue weighted by molar-refractivity contribution is -0.119. The monoisotopic (exact) mass is 574 g/mol. The molecule has 6 rings (SSSR count). The lowest BCUT2D eigenvalue weighted by Gasteiger charge is -2.36. The summed E-state index contributed by atoms with van der Waals surface area (Å²) in [7, 11) is 4.46. The zero-order valence-corrected chi connectivity index (χ0v) is 24.0. The lowest BCUT2D eigenvalue weighted by Crippen LogP contribution is -2.51. The van der Waals surface area contributed by atoms with E-state index in [1.54, 1.807) is 24.3 Å². The van der Waals surface area contributed by atoms with Gasteiger partial charge in [-0.2, -0.15) is 4.98 Å². The Morgan fingerprint density at radius 1 is 1.00 bits per heavy atom. The number of ether oxygens (including phenoxy) is 3. The molecule has 2 amide bonds. The van der Waals surface area contributed by atoms with Crippen LogP contribution in [0.4, 0.5) is 11.4 Å². The highest BCUT2D eigenvalue weighted by molar-refractivity contribution is 6.31. The number of fused-ring (bicyclic) bond motifs is 4. The van der Waals surface area contributed by atoms with Gasteiger partial charge in [-0.05, 0) is 50.6 Å². The summed E-state index contributed by atoms with van der Waals surface area (Å²) >= 11 is 6.33. The van der Waals surface area contributed by atoms with Gasteiger partial charge in [-0.3, -0.25) is 14.5 Å². The molecule has 4 heterocycles. The number of benzene rings is 2. The number of rotatable bonds is 6. The van der Waals surface area contributed by atoms with E-state index in [-0.39, 0.29) is 23.6 Å². The van der Waals surface area contributed by atoms with E-state index in [2.05, 4.69) is 15.3 Å². The molecule has 2 aromatic carbocycles. The summed E-state index contributed by atoms with van der Waals surface area (Å²) in [4.78, 5) is 43.8. The summed E-state index contributed by atoms with van der Waals surface area (Å²) in [5, 5.41) is 3.42. The van der Waals surface area contributed by atoms with Gasteiger partial charge in [0, 0.05) is 28.5 Å². The van der Waals surface area contributed by atoms with E-state index in [1.165, 1.54) is 32.4 Å². The number of nitrogens with zero attached hydrogens (tertiary/aromatic N) is 5. The Labute approximate surface area is 241 Å². The number of hydrogen-bond donors (Lipinski definition) is 1. The Morgan fingerprint density at radius 2 is 1.78 bits per heavy atom. The van der Waals surface area contributed by atoms with Crippen LogP contribution in [0.1, 0.15) is 47.2 Å². The van der Waals surface area contributed by atoms with E-state index in [1.807, 2.05) is 37.5 Å². The number of imidazole rings is 1. The first-order valence-electron chi connectivity index (χ1n) is 12.9. The van der Waals surface area contributed by atoms with Gasteiger partial charge in [0.2, 0.25) is 5.88 Å². The molecule has 210 valence electrons. The van der Waals surface area contributed by atoms with Crippen LogP contribution < -0.4 is 24.4 Å². The largest absolute Gasteiger partial charge is 0.495 e. The first-order chi connectivity index (χ1) is 19.7. The summed E-state index contributed by atoms with van der Waals surface area (Å²) < 4.78 is 18.3. The average molecular weight is 575 g/mol. The molecule has 1 spiro atoms. The number of amides is 2. The minimum atomic E-state index is -1.62. The van der Waals surface area contributed by atoms with Crippen molar-refractivity contribution in [3.63, 3.8) is 0 Å². The Hall–Kier alpha value is -4.64. The summed E-state index contributed by atoms with van der Waals surface area (Å²) in [6.45, 7) is 5.81. The van der Waals surface area contributed by atoms with Gasteiger partial charge in [0.05, 0.1) is 38.3 Å². The number of anilines is 2. The molecule has 0 radical (unpaired) electrons. The molecule has 41 heavy (non-hydrogen) atoms. The van der Waals surface area contributed by atoms with Crippen LogP contribution in [0.25, 0.3) is 11.4 Å². The minimum absolute atomic E-state index is 0.118. The van der Waals surface area contributed by atoms with Crippen LogP contribution in [0.15, 0.2) is 42.6 Å². The van der Waals surface area contributed by atoms with Crippen molar-refractivity contribution in [3.05, 3.63) is 70.1 Å². The highest BCUT2D eigenvalue weighted by Gasteiger charge is 2.64. The van der Waals surface area contributed by atoms with Crippen molar-refractivity contribution >= 4 is 34.8 Å². The summed E-state index contributed by atoms with van der Waals surface area (Å²) in [5.74, 6) is 0.144. The van der Waals surface area contributed by atoms with Crippen LogP contribution >= 0.6 is 11.6 Å². The smallest absolute Gasteiger partial charge is 0.319 e. The molecular weight excluding hydrogens is 548 g/mol. The maximum atomic E-state index is 14.5. The van der Waals surface area contributed by atoms with Crippen LogP contribution in [0.3, 0.4) is 0 Å². The van der Waals surface area contributed by atoms with E-state index in [0.29, 0.717) is 44.8 Å². The molecule has 12 heteroatoms. The van der Waals surface area contributed by atoms with Crippen molar-refractivity contribution in [2.75, 3.05) is 31.5 Å². The van der Waals surface area contributed by atoms with Crippen LogP contribution in [-0.2, 0) is 10.3 Å².